The van der Waals surface area contributed by atoms with Gasteiger partial charge in [0.15, 0.2) is 0 Å². The number of rotatable bonds is 8. The molecule has 0 saturated carbocycles. The summed E-state index contributed by atoms with van der Waals surface area (Å²) in [6.07, 6.45) is 0.189. The van der Waals surface area contributed by atoms with Crippen LogP contribution in [0.15, 0.2) is 33.9 Å². The predicted molar refractivity (Wildman–Crippen MR) is 94.2 cm³/mol. The number of para-hydroxylation sites is 1. The molecular weight excluding hydrogens is 308 g/mol. The average molecular weight is 332 g/mol. The van der Waals surface area contributed by atoms with Crippen LogP contribution >= 0.6 is 0 Å². The zero-order chi connectivity index (χ0) is 17.5. The predicted octanol–water partition coefficient (Wildman–Crippen LogP) is 0.538. The number of carbonyl (C=O) groups excluding carboxylic acids is 1. The van der Waals surface area contributed by atoms with Gasteiger partial charge in [0, 0.05) is 26.1 Å². The van der Waals surface area contributed by atoms with Crippen molar-refractivity contribution in [3.05, 3.63) is 45.1 Å². The Morgan fingerprint density at radius 2 is 1.92 bits per heavy atom. The maximum absolute atomic E-state index is 12.0. The largest absolute Gasteiger partial charge is 0.355 e. The number of aryl methyl sites for hydroxylation is 1. The van der Waals surface area contributed by atoms with Crippen LogP contribution in [0.3, 0.4) is 0 Å². The highest BCUT2D eigenvalue weighted by atomic mass is 16.2. The molecule has 130 valence electrons. The van der Waals surface area contributed by atoms with Gasteiger partial charge in [-0.3, -0.25) is 19.1 Å². The van der Waals surface area contributed by atoms with Gasteiger partial charge in [0.2, 0.25) is 5.91 Å². The number of hydrogen-bond donors (Lipinski definition) is 2. The smallest absolute Gasteiger partial charge is 0.328 e. The van der Waals surface area contributed by atoms with Crippen molar-refractivity contribution in [1.82, 2.24) is 19.8 Å². The van der Waals surface area contributed by atoms with Crippen LogP contribution in [-0.2, 0) is 11.3 Å². The number of aromatic amines is 1. The van der Waals surface area contributed by atoms with Crippen LogP contribution in [-0.4, -0.2) is 46.5 Å². The third kappa shape index (κ3) is 4.32. The van der Waals surface area contributed by atoms with Crippen LogP contribution in [0.1, 0.15) is 20.3 Å². The maximum Gasteiger partial charge on any atom is 0.328 e. The van der Waals surface area contributed by atoms with Gasteiger partial charge in [0.25, 0.3) is 5.56 Å². The topological polar surface area (TPSA) is 87.2 Å². The zero-order valence-corrected chi connectivity index (χ0v) is 14.2. The second kappa shape index (κ2) is 8.44. The van der Waals surface area contributed by atoms with Crippen molar-refractivity contribution in [1.29, 1.82) is 0 Å². The molecule has 2 N–H and O–H groups in total. The number of benzene rings is 1. The van der Waals surface area contributed by atoms with Gasteiger partial charge in [-0.25, -0.2) is 4.79 Å². The van der Waals surface area contributed by atoms with Gasteiger partial charge < -0.3 is 10.2 Å². The van der Waals surface area contributed by atoms with E-state index in [4.69, 9.17) is 0 Å². The molecule has 7 heteroatoms. The molecule has 0 aliphatic heterocycles. The van der Waals surface area contributed by atoms with Gasteiger partial charge in [0.05, 0.1) is 10.9 Å². The van der Waals surface area contributed by atoms with E-state index in [0.29, 0.717) is 17.4 Å². The van der Waals surface area contributed by atoms with Crippen LogP contribution in [0.2, 0.25) is 0 Å². The lowest BCUT2D eigenvalue weighted by molar-refractivity contribution is -0.121. The number of H-pyrrole nitrogens is 1. The Kier molecular flexibility index (Phi) is 6.31. The fraction of sp³-hybridized carbons (Fsp3) is 0.471. The van der Waals surface area contributed by atoms with Gasteiger partial charge in [-0.15, -0.1) is 0 Å². The second-order valence-corrected chi connectivity index (χ2v) is 5.55. The van der Waals surface area contributed by atoms with E-state index in [9.17, 15) is 14.4 Å². The first kappa shape index (κ1) is 17.9. The van der Waals surface area contributed by atoms with E-state index in [1.54, 1.807) is 24.3 Å². The zero-order valence-electron chi connectivity index (χ0n) is 14.2. The van der Waals surface area contributed by atoms with Crippen LogP contribution < -0.4 is 16.6 Å². The molecule has 0 unspecified atom stereocenters. The van der Waals surface area contributed by atoms with Crippen molar-refractivity contribution >= 4 is 16.8 Å². The van der Waals surface area contributed by atoms with Gasteiger partial charge in [-0.2, -0.15) is 0 Å². The third-order valence-electron chi connectivity index (χ3n) is 4.11. The Labute approximate surface area is 140 Å². The van der Waals surface area contributed by atoms with E-state index < -0.39 is 11.2 Å². The lowest BCUT2D eigenvalue weighted by Gasteiger charge is -2.18. The number of aromatic nitrogens is 2. The molecule has 0 radical (unpaired) electrons. The van der Waals surface area contributed by atoms with E-state index in [2.05, 4.69) is 29.0 Å². The highest BCUT2D eigenvalue weighted by Gasteiger charge is 2.09. The van der Waals surface area contributed by atoms with E-state index in [1.807, 2.05) is 0 Å². The fourth-order valence-corrected chi connectivity index (χ4v) is 2.66. The minimum atomic E-state index is -0.491. The monoisotopic (exact) mass is 332 g/mol. The number of likely N-dealkylation sites (N-methyl/N-ethyl adjacent to an activating group) is 1. The normalized spacial score (nSPS) is 11.1. The molecular formula is C17H24N4O3. The Hall–Kier alpha value is -2.41. The molecule has 1 heterocycles. The lowest BCUT2D eigenvalue weighted by atomic mass is 10.2. The minimum absolute atomic E-state index is 0.107. The molecule has 7 nitrogen and oxygen atoms in total. The van der Waals surface area contributed by atoms with Crippen LogP contribution in [0.25, 0.3) is 10.9 Å². The summed E-state index contributed by atoms with van der Waals surface area (Å²) in [6, 6.07) is 6.88. The number of amides is 1. The first-order valence-corrected chi connectivity index (χ1v) is 8.27. The molecule has 0 bridgehead atoms. The minimum Gasteiger partial charge on any atom is -0.355 e. The summed E-state index contributed by atoms with van der Waals surface area (Å²) < 4.78 is 1.43. The summed E-state index contributed by atoms with van der Waals surface area (Å²) in [6.45, 7) is 7.68. The first-order valence-electron chi connectivity index (χ1n) is 8.27. The molecule has 0 aliphatic carbocycles. The maximum atomic E-state index is 12.0. The number of nitrogens with zero attached hydrogens (tertiary/aromatic N) is 2. The summed E-state index contributed by atoms with van der Waals surface area (Å²) in [4.78, 5) is 40.3. The highest BCUT2D eigenvalue weighted by Crippen LogP contribution is 2.06. The summed E-state index contributed by atoms with van der Waals surface area (Å²) in [5.74, 6) is -0.107. The third-order valence-corrected chi connectivity index (χ3v) is 4.11. The van der Waals surface area contributed by atoms with Gasteiger partial charge in [-0.1, -0.05) is 26.0 Å². The molecule has 0 aliphatic rings. The van der Waals surface area contributed by atoms with E-state index in [-0.39, 0.29) is 18.9 Å². The molecule has 0 fully saturated rings. The number of nitrogens with one attached hydrogen (secondary N) is 2. The summed E-state index contributed by atoms with van der Waals surface area (Å²) in [5, 5.41) is 3.31. The average Bonchev–Trinajstić information content (AvgIpc) is 2.58. The number of fused-ring (bicyclic) bond motifs is 1. The van der Waals surface area contributed by atoms with Crippen LogP contribution in [0, 0.1) is 0 Å². The lowest BCUT2D eigenvalue weighted by Crippen LogP contribution is -2.36. The molecule has 2 aromatic rings. The molecule has 24 heavy (non-hydrogen) atoms. The first-order chi connectivity index (χ1) is 11.6. The standard InChI is InChI=1S/C17H24N4O3/c1-3-20(4-2)12-10-18-15(22)9-11-21-14-8-6-5-7-13(14)16(23)19-17(21)24/h5-8H,3-4,9-12H2,1-2H3,(H,18,22)(H,19,23,24). The Balaban J connectivity index is 2.00. The SMILES string of the molecule is CCN(CC)CCNC(=O)CCn1c(=O)[nH]c(=O)c2ccccc21. The Morgan fingerprint density at radius 1 is 1.21 bits per heavy atom. The molecule has 0 spiro atoms. The van der Waals surface area contributed by atoms with Crippen molar-refractivity contribution in [2.45, 2.75) is 26.8 Å². The summed E-state index contributed by atoms with van der Waals surface area (Å²) in [7, 11) is 0. The van der Waals surface area contributed by atoms with Crippen molar-refractivity contribution in [3.8, 4) is 0 Å². The summed E-state index contributed by atoms with van der Waals surface area (Å²) in [5.41, 5.74) is -0.354. The van der Waals surface area contributed by atoms with Crippen molar-refractivity contribution in [2.24, 2.45) is 0 Å². The highest BCUT2D eigenvalue weighted by molar-refractivity contribution is 5.78. The molecule has 0 atom stereocenters. The fourth-order valence-electron chi connectivity index (χ4n) is 2.66. The van der Waals surface area contributed by atoms with Crippen molar-refractivity contribution in [3.63, 3.8) is 0 Å². The van der Waals surface area contributed by atoms with E-state index in [0.717, 1.165) is 19.6 Å². The Morgan fingerprint density at radius 3 is 2.62 bits per heavy atom. The molecule has 1 aromatic heterocycles. The van der Waals surface area contributed by atoms with Gasteiger partial charge >= 0.3 is 5.69 Å². The number of hydrogen-bond acceptors (Lipinski definition) is 4. The van der Waals surface area contributed by atoms with Gasteiger partial charge in [0.1, 0.15) is 0 Å². The van der Waals surface area contributed by atoms with E-state index in [1.165, 1.54) is 4.57 Å². The summed E-state index contributed by atoms with van der Waals surface area (Å²) >= 11 is 0. The van der Waals surface area contributed by atoms with E-state index >= 15 is 0 Å². The molecule has 0 saturated heterocycles. The Bertz CT molecular complexity index is 805. The van der Waals surface area contributed by atoms with Crippen molar-refractivity contribution in [2.75, 3.05) is 26.2 Å². The number of carbonyl (C=O) groups is 1. The molecule has 2 rings (SSSR count). The quantitative estimate of drug-likeness (QED) is 0.738. The van der Waals surface area contributed by atoms with Crippen LogP contribution in [0.5, 0.6) is 0 Å². The second-order valence-electron chi connectivity index (χ2n) is 5.55. The molecule has 1 amide bonds. The van der Waals surface area contributed by atoms with Gasteiger partial charge in [-0.05, 0) is 25.2 Å². The van der Waals surface area contributed by atoms with Crippen molar-refractivity contribution < 1.29 is 4.79 Å². The molecule has 1 aromatic carbocycles. The van der Waals surface area contributed by atoms with Crippen LogP contribution in [0.4, 0.5) is 0 Å².